The fourth-order valence-corrected chi connectivity index (χ4v) is 3.55. The summed E-state index contributed by atoms with van der Waals surface area (Å²) in [6, 6.07) is 8.02. The molecular weight excluding hydrogens is 398 g/mol. The average molecular weight is 417 g/mol. The van der Waals surface area contributed by atoms with Crippen LogP contribution in [-0.2, 0) is 11.4 Å². The van der Waals surface area contributed by atoms with Crippen LogP contribution in [0.4, 0.5) is 4.79 Å². The summed E-state index contributed by atoms with van der Waals surface area (Å²) in [5.74, 6) is -0.358. The van der Waals surface area contributed by atoms with Crippen molar-refractivity contribution in [2.75, 3.05) is 13.2 Å². The minimum absolute atomic E-state index is 0.0299. The Morgan fingerprint density at radius 1 is 1.17 bits per heavy atom. The van der Waals surface area contributed by atoms with Crippen molar-refractivity contribution in [1.29, 1.82) is 0 Å². The predicted molar refractivity (Wildman–Crippen MR) is 106 cm³/mol. The molecule has 9 heteroatoms. The number of hydrogen-bond donors (Lipinski definition) is 1. The van der Waals surface area contributed by atoms with E-state index < -0.39 is 5.97 Å². The van der Waals surface area contributed by atoms with Gasteiger partial charge in [0.15, 0.2) is 11.5 Å². The van der Waals surface area contributed by atoms with Crippen molar-refractivity contribution < 1.29 is 33.4 Å². The molecule has 8 nitrogen and oxygen atoms in total. The molecule has 1 fully saturated rings. The number of hydrogen-bond acceptors (Lipinski definition) is 7. The summed E-state index contributed by atoms with van der Waals surface area (Å²) in [4.78, 5) is 36.5. The second-order valence-corrected chi connectivity index (χ2v) is 6.92. The first-order valence-electron chi connectivity index (χ1n) is 8.90. The Hall–Kier alpha value is -3.20. The fourth-order valence-electron chi connectivity index (χ4n) is 2.65. The Morgan fingerprint density at radius 3 is 2.59 bits per heavy atom. The molecule has 0 radical (unpaired) electrons. The molecular formula is C20H19NO7S. The van der Waals surface area contributed by atoms with E-state index in [9.17, 15) is 14.4 Å². The highest BCUT2D eigenvalue weighted by Crippen LogP contribution is 2.34. The molecule has 0 unspecified atom stereocenters. The van der Waals surface area contributed by atoms with Crippen LogP contribution in [0.15, 0.2) is 39.7 Å². The zero-order chi connectivity index (χ0) is 21.0. The van der Waals surface area contributed by atoms with Gasteiger partial charge in [-0.25, -0.2) is 4.79 Å². The van der Waals surface area contributed by atoms with Crippen LogP contribution in [0.2, 0.25) is 0 Å². The van der Waals surface area contributed by atoms with Crippen LogP contribution in [0.3, 0.4) is 0 Å². The van der Waals surface area contributed by atoms with E-state index in [4.69, 9.17) is 19.0 Å². The number of likely N-dealkylation sites (N-methyl/N-ethyl adjacent to an activating group) is 1. The van der Waals surface area contributed by atoms with Crippen molar-refractivity contribution in [1.82, 2.24) is 4.90 Å². The molecule has 1 aromatic heterocycles. The molecule has 2 aromatic rings. The van der Waals surface area contributed by atoms with Crippen molar-refractivity contribution in [3.63, 3.8) is 0 Å². The van der Waals surface area contributed by atoms with Gasteiger partial charge in [-0.3, -0.25) is 14.5 Å². The summed E-state index contributed by atoms with van der Waals surface area (Å²) in [7, 11) is 0. The minimum atomic E-state index is -1.15. The summed E-state index contributed by atoms with van der Waals surface area (Å²) >= 11 is 0.903. The highest BCUT2D eigenvalue weighted by atomic mass is 32.2. The van der Waals surface area contributed by atoms with Gasteiger partial charge in [0.1, 0.15) is 12.4 Å². The summed E-state index contributed by atoms with van der Waals surface area (Å²) < 4.78 is 16.5. The van der Waals surface area contributed by atoms with Gasteiger partial charge in [-0.15, -0.1) is 0 Å². The summed E-state index contributed by atoms with van der Waals surface area (Å²) in [6.45, 7) is 4.33. The molecule has 1 saturated heterocycles. The second kappa shape index (κ2) is 8.87. The number of carboxylic acids is 1. The maximum atomic E-state index is 12.2. The van der Waals surface area contributed by atoms with E-state index in [2.05, 4.69) is 0 Å². The number of carbonyl (C=O) groups excluding carboxylic acids is 2. The molecule has 0 atom stereocenters. The van der Waals surface area contributed by atoms with Crippen molar-refractivity contribution >= 4 is 35.0 Å². The monoisotopic (exact) mass is 417 g/mol. The van der Waals surface area contributed by atoms with E-state index in [0.29, 0.717) is 40.9 Å². The fraction of sp³-hybridized carbons (Fsp3) is 0.250. The summed E-state index contributed by atoms with van der Waals surface area (Å²) in [5, 5.41) is 8.62. The number of ether oxygens (including phenoxy) is 2. The van der Waals surface area contributed by atoms with Crippen molar-refractivity contribution in [2.24, 2.45) is 0 Å². The van der Waals surface area contributed by atoms with E-state index in [-0.39, 0.29) is 23.5 Å². The number of imide groups is 1. The standard InChI is InChI=1S/C20H19NO7S/c1-3-21-18(22)17(29-20(21)25)10-12-5-7-14(16(9-12)26-4-2)27-11-13-6-8-15(28-13)19(23)24/h5-10H,3-4,11H2,1-2H3,(H,23,24). The highest BCUT2D eigenvalue weighted by Gasteiger charge is 2.33. The van der Waals surface area contributed by atoms with Gasteiger partial charge < -0.3 is 19.0 Å². The first-order valence-corrected chi connectivity index (χ1v) is 9.71. The lowest BCUT2D eigenvalue weighted by Crippen LogP contribution is -2.27. The minimum Gasteiger partial charge on any atom is -0.490 e. The molecule has 2 heterocycles. The number of carboxylic acid groups (broad SMARTS) is 1. The van der Waals surface area contributed by atoms with Crippen molar-refractivity contribution in [3.8, 4) is 11.5 Å². The topological polar surface area (TPSA) is 106 Å². The van der Waals surface area contributed by atoms with Crippen LogP contribution in [0.5, 0.6) is 11.5 Å². The molecule has 0 saturated carbocycles. The Balaban J connectivity index is 1.78. The third-order valence-corrected chi connectivity index (χ3v) is 4.90. The second-order valence-electron chi connectivity index (χ2n) is 5.92. The van der Waals surface area contributed by atoms with Crippen LogP contribution in [-0.4, -0.2) is 40.3 Å². The lowest BCUT2D eigenvalue weighted by Gasteiger charge is -2.12. The number of rotatable bonds is 8. The number of nitrogens with zero attached hydrogens (tertiary/aromatic N) is 1. The SMILES string of the molecule is CCOc1cc(C=C2SC(=O)N(CC)C2=O)ccc1OCc1ccc(C(=O)O)o1. The van der Waals surface area contributed by atoms with Crippen LogP contribution in [0.1, 0.15) is 35.7 Å². The normalized spacial score (nSPS) is 15.2. The lowest BCUT2D eigenvalue weighted by molar-refractivity contribution is -0.122. The van der Waals surface area contributed by atoms with E-state index in [1.807, 2.05) is 6.92 Å². The van der Waals surface area contributed by atoms with Gasteiger partial charge in [0.05, 0.1) is 11.5 Å². The van der Waals surface area contributed by atoms with E-state index in [1.165, 1.54) is 17.0 Å². The largest absolute Gasteiger partial charge is 0.490 e. The van der Waals surface area contributed by atoms with Gasteiger partial charge in [0.25, 0.3) is 11.1 Å². The zero-order valence-corrected chi connectivity index (χ0v) is 16.7. The van der Waals surface area contributed by atoms with Gasteiger partial charge in [-0.2, -0.15) is 0 Å². The number of amides is 2. The Bertz CT molecular complexity index is 979. The van der Waals surface area contributed by atoms with Crippen LogP contribution >= 0.6 is 11.8 Å². The van der Waals surface area contributed by atoms with Crippen molar-refractivity contribution in [3.05, 3.63) is 52.3 Å². The van der Waals surface area contributed by atoms with Gasteiger partial charge >= 0.3 is 5.97 Å². The van der Waals surface area contributed by atoms with Gasteiger partial charge in [0, 0.05) is 6.54 Å². The molecule has 2 amide bonds. The molecule has 1 aliphatic rings. The van der Waals surface area contributed by atoms with Crippen LogP contribution < -0.4 is 9.47 Å². The first-order chi connectivity index (χ1) is 13.9. The first kappa shape index (κ1) is 20.5. The maximum absolute atomic E-state index is 12.2. The van der Waals surface area contributed by atoms with Crippen LogP contribution in [0, 0.1) is 0 Å². The molecule has 0 spiro atoms. The van der Waals surface area contributed by atoms with Gasteiger partial charge in [0.2, 0.25) is 5.76 Å². The molecule has 0 aliphatic carbocycles. The molecule has 3 rings (SSSR count). The van der Waals surface area contributed by atoms with Crippen molar-refractivity contribution in [2.45, 2.75) is 20.5 Å². The Kier molecular flexibility index (Phi) is 6.28. The molecule has 1 N–H and O–H groups in total. The number of aromatic carboxylic acids is 1. The third kappa shape index (κ3) is 4.62. The lowest BCUT2D eigenvalue weighted by atomic mass is 10.2. The number of carbonyl (C=O) groups is 3. The third-order valence-electron chi connectivity index (χ3n) is 4.00. The van der Waals surface area contributed by atoms with Gasteiger partial charge in [-0.05, 0) is 61.5 Å². The Labute approximate surface area is 171 Å². The smallest absolute Gasteiger partial charge is 0.371 e. The number of furan rings is 1. The zero-order valence-electron chi connectivity index (χ0n) is 15.8. The van der Waals surface area contributed by atoms with E-state index in [0.717, 1.165) is 11.8 Å². The van der Waals surface area contributed by atoms with E-state index >= 15 is 0 Å². The van der Waals surface area contributed by atoms with Crippen LogP contribution in [0.25, 0.3) is 6.08 Å². The van der Waals surface area contributed by atoms with E-state index in [1.54, 1.807) is 31.2 Å². The summed E-state index contributed by atoms with van der Waals surface area (Å²) in [6.07, 6.45) is 1.64. The average Bonchev–Trinajstić information content (AvgIpc) is 3.26. The number of benzene rings is 1. The highest BCUT2D eigenvalue weighted by molar-refractivity contribution is 8.18. The molecule has 0 bridgehead atoms. The quantitative estimate of drug-likeness (QED) is 0.642. The predicted octanol–water partition coefficient (Wildman–Crippen LogP) is 4.01. The molecule has 1 aromatic carbocycles. The molecule has 29 heavy (non-hydrogen) atoms. The van der Waals surface area contributed by atoms with Gasteiger partial charge in [-0.1, -0.05) is 6.07 Å². The molecule has 1 aliphatic heterocycles. The maximum Gasteiger partial charge on any atom is 0.371 e. The number of thioether (sulfide) groups is 1. The summed E-state index contributed by atoms with van der Waals surface area (Å²) in [5.41, 5.74) is 0.688. The molecule has 152 valence electrons. The Morgan fingerprint density at radius 2 is 1.97 bits per heavy atom.